The van der Waals surface area contributed by atoms with Gasteiger partial charge in [-0.25, -0.2) is 4.98 Å². The quantitative estimate of drug-likeness (QED) is 0.399. The molecule has 8 heteroatoms. The summed E-state index contributed by atoms with van der Waals surface area (Å²) in [5.41, 5.74) is 3.20. The van der Waals surface area contributed by atoms with Crippen molar-refractivity contribution in [3.63, 3.8) is 0 Å². The zero-order valence-electron chi connectivity index (χ0n) is 18.6. The van der Waals surface area contributed by atoms with Gasteiger partial charge in [0.1, 0.15) is 0 Å². The zero-order chi connectivity index (χ0) is 23.6. The average Bonchev–Trinajstić information content (AvgIpc) is 3.29. The van der Waals surface area contributed by atoms with Crippen LogP contribution in [-0.2, 0) is 28.9 Å². The molecule has 1 aromatic heterocycles. The highest BCUT2D eigenvalue weighted by atomic mass is 32.1. The number of carbonyl (C=O) groups excluding carboxylic acids is 2. The molecule has 0 fully saturated rings. The Kier molecular flexibility index (Phi) is 9.12. The summed E-state index contributed by atoms with van der Waals surface area (Å²) in [5, 5.41) is 25.7. The van der Waals surface area contributed by atoms with Gasteiger partial charge in [0, 0.05) is 38.4 Å². The molecule has 0 aliphatic carbocycles. The number of hydrogen-bond donors (Lipinski definition) is 3. The van der Waals surface area contributed by atoms with Gasteiger partial charge in [-0.2, -0.15) is 0 Å². The third kappa shape index (κ3) is 7.49. The summed E-state index contributed by atoms with van der Waals surface area (Å²) < 4.78 is 0. The summed E-state index contributed by atoms with van der Waals surface area (Å²) in [5.74, 6) is -1.48. The average molecular weight is 468 g/mol. The fraction of sp³-hybridized carbons (Fsp3) is 0.320. The fourth-order valence-corrected chi connectivity index (χ4v) is 4.10. The van der Waals surface area contributed by atoms with Gasteiger partial charge in [0.25, 0.3) is 11.8 Å². The lowest BCUT2D eigenvalue weighted by Gasteiger charge is -2.23. The number of rotatable bonds is 11. The van der Waals surface area contributed by atoms with Crippen LogP contribution in [0, 0.1) is 0 Å². The van der Waals surface area contributed by atoms with Crippen molar-refractivity contribution in [2.75, 3.05) is 20.1 Å². The van der Waals surface area contributed by atoms with E-state index in [9.17, 15) is 19.8 Å². The molecule has 7 nitrogen and oxygen atoms in total. The summed E-state index contributed by atoms with van der Waals surface area (Å²) in [4.78, 5) is 30.5. The molecule has 0 aliphatic rings. The molecule has 0 radical (unpaired) electrons. The van der Waals surface area contributed by atoms with Crippen molar-refractivity contribution in [1.29, 1.82) is 0 Å². The maximum atomic E-state index is 12.4. The predicted octanol–water partition coefficient (Wildman–Crippen LogP) is 1.82. The normalized spacial score (nSPS) is 12.7. The molecule has 0 saturated heterocycles. The highest BCUT2D eigenvalue weighted by Crippen LogP contribution is 2.14. The molecule has 3 rings (SSSR count). The number of thiazole rings is 1. The first-order valence-electron chi connectivity index (χ1n) is 10.8. The van der Waals surface area contributed by atoms with Gasteiger partial charge in [-0.05, 0) is 17.5 Å². The molecule has 0 saturated carbocycles. The second kappa shape index (κ2) is 12.2. The topological polar surface area (TPSA) is 103 Å². The number of hydrogen-bond acceptors (Lipinski definition) is 6. The molecule has 0 aliphatic heterocycles. The standard InChI is InChI=1S/C25H29N3O4S/c1-28(15-13-18-8-4-2-5-9-18)25(32)23(30)22(29)24(31)26-14-12-21-27-20(17-33-21)16-19-10-6-3-7-11-19/h2-11,17,22-23,29-30H,12-16H2,1H3,(H,26,31)/t22-,23-/m1/s1. The molecule has 0 unspecified atom stereocenters. The molecule has 0 bridgehead atoms. The van der Waals surface area contributed by atoms with Gasteiger partial charge in [0.2, 0.25) is 0 Å². The van der Waals surface area contributed by atoms with E-state index in [1.54, 1.807) is 0 Å². The molecule has 2 amide bonds. The second-order valence-corrected chi connectivity index (χ2v) is 8.76. The third-order valence-corrected chi connectivity index (χ3v) is 6.20. The maximum Gasteiger partial charge on any atom is 0.254 e. The minimum atomic E-state index is -1.83. The molecule has 174 valence electrons. The van der Waals surface area contributed by atoms with Crippen molar-refractivity contribution in [3.05, 3.63) is 87.9 Å². The zero-order valence-corrected chi connectivity index (χ0v) is 19.4. The minimum absolute atomic E-state index is 0.249. The number of nitrogens with one attached hydrogen (secondary N) is 1. The monoisotopic (exact) mass is 467 g/mol. The van der Waals surface area contributed by atoms with E-state index in [-0.39, 0.29) is 6.54 Å². The van der Waals surface area contributed by atoms with Gasteiger partial charge < -0.3 is 20.4 Å². The van der Waals surface area contributed by atoms with Gasteiger partial charge in [-0.3, -0.25) is 9.59 Å². The molecule has 33 heavy (non-hydrogen) atoms. The number of carbonyl (C=O) groups is 2. The molecule has 0 spiro atoms. The first kappa shape index (κ1) is 24.6. The Hall–Kier alpha value is -3.07. The number of aliphatic hydroxyl groups excluding tert-OH is 2. The number of nitrogens with zero attached hydrogens (tertiary/aromatic N) is 2. The Morgan fingerprint density at radius 1 is 0.970 bits per heavy atom. The third-order valence-electron chi connectivity index (χ3n) is 5.24. The number of aromatic nitrogens is 1. The lowest BCUT2D eigenvalue weighted by Crippen LogP contribution is -2.50. The summed E-state index contributed by atoms with van der Waals surface area (Å²) in [6.45, 7) is 0.614. The van der Waals surface area contributed by atoms with E-state index >= 15 is 0 Å². The van der Waals surface area contributed by atoms with Crippen LogP contribution in [0.5, 0.6) is 0 Å². The van der Waals surface area contributed by atoms with Crippen LogP contribution in [-0.4, -0.2) is 64.3 Å². The summed E-state index contributed by atoms with van der Waals surface area (Å²) >= 11 is 1.51. The minimum Gasteiger partial charge on any atom is -0.380 e. The van der Waals surface area contributed by atoms with Gasteiger partial charge in [-0.15, -0.1) is 11.3 Å². The van der Waals surface area contributed by atoms with Crippen LogP contribution < -0.4 is 5.32 Å². The lowest BCUT2D eigenvalue weighted by molar-refractivity contribution is -0.152. The van der Waals surface area contributed by atoms with E-state index in [1.807, 2.05) is 66.0 Å². The van der Waals surface area contributed by atoms with Gasteiger partial charge in [0.15, 0.2) is 12.2 Å². The second-order valence-electron chi connectivity index (χ2n) is 7.82. The van der Waals surface area contributed by atoms with E-state index in [4.69, 9.17) is 0 Å². The van der Waals surface area contributed by atoms with Crippen LogP contribution in [0.1, 0.15) is 21.8 Å². The highest BCUT2D eigenvalue weighted by molar-refractivity contribution is 7.09. The van der Waals surface area contributed by atoms with Gasteiger partial charge in [0.05, 0.1) is 10.7 Å². The molecule has 2 atom stereocenters. The van der Waals surface area contributed by atoms with Crippen molar-refractivity contribution in [2.45, 2.75) is 31.5 Å². The molecule has 3 aromatic rings. The Labute approximate surface area is 197 Å². The van der Waals surface area contributed by atoms with E-state index in [1.165, 1.54) is 28.8 Å². The molecule has 3 N–H and O–H groups in total. The van der Waals surface area contributed by atoms with Crippen LogP contribution >= 0.6 is 11.3 Å². The number of benzene rings is 2. The first-order chi connectivity index (χ1) is 15.9. The Bertz CT molecular complexity index is 1030. The number of aliphatic hydroxyl groups is 2. The Balaban J connectivity index is 1.40. The summed E-state index contributed by atoms with van der Waals surface area (Å²) in [7, 11) is 1.54. The van der Waals surface area contributed by atoms with Crippen LogP contribution in [0.15, 0.2) is 66.0 Å². The van der Waals surface area contributed by atoms with E-state index in [0.717, 1.165) is 22.7 Å². The summed E-state index contributed by atoms with van der Waals surface area (Å²) in [6.07, 6.45) is -1.80. The Morgan fingerprint density at radius 2 is 1.61 bits per heavy atom. The Morgan fingerprint density at radius 3 is 2.27 bits per heavy atom. The van der Waals surface area contributed by atoms with Crippen LogP contribution in [0.2, 0.25) is 0 Å². The van der Waals surface area contributed by atoms with Crippen molar-refractivity contribution >= 4 is 23.2 Å². The highest BCUT2D eigenvalue weighted by Gasteiger charge is 2.32. The van der Waals surface area contributed by atoms with Crippen molar-refractivity contribution in [2.24, 2.45) is 0 Å². The SMILES string of the molecule is CN(CCc1ccccc1)C(=O)[C@H](O)[C@@H](O)C(=O)NCCc1nc(Cc2ccccc2)cs1. The molecule has 2 aromatic carbocycles. The first-order valence-corrected chi connectivity index (χ1v) is 11.7. The van der Waals surface area contributed by atoms with Crippen LogP contribution in [0.25, 0.3) is 0 Å². The van der Waals surface area contributed by atoms with Crippen molar-refractivity contribution in [3.8, 4) is 0 Å². The molecular formula is C25H29N3O4S. The van der Waals surface area contributed by atoms with Crippen molar-refractivity contribution < 1.29 is 19.8 Å². The summed E-state index contributed by atoms with van der Waals surface area (Å²) in [6, 6.07) is 19.7. The van der Waals surface area contributed by atoms with Crippen LogP contribution in [0.3, 0.4) is 0 Å². The molecule has 1 heterocycles. The smallest absolute Gasteiger partial charge is 0.254 e. The van der Waals surface area contributed by atoms with E-state index in [0.29, 0.717) is 19.4 Å². The van der Waals surface area contributed by atoms with Gasteiger partial charge in [-0.1, -0.05) is 60.7 Å². The van der Waals surface area contributed by atoms with E-state index in [2.05, 4.69) is 10.3 Å². The fourth-order valence-electron chi connectivity index (χ4n) is 3.30. The number of likely N-dealkylation sites (N-methyl/N-ethyl adjacent to an activating group) is 1. The lowest BCUT2D eigenvalue weighted by atomic mass is 10.1. The molecular weight excluding hydrogens is 438 g/mol. The van der Waals surface area contributed by atoms with Crippen LogP contribution in [0.4, 0.5) is 0 Å². The number of amides is 2. The van der Waals surface area contributed by atoms with Gasteiger partial charge >= 0.3 is 0 Å². The maximum absolute atomic E-state index is 12.4. The van der Waals surface area contributed by atoms with Crippen molar-refractivity contribution in [1.82, 2.24) is 15.2 Å². The predicted molar refractivity (Wildman–Crippen MR) is 128 cm³/mol. The van der Waals surface area contributed by atoms with E-state index < -0.39 is 24.0 Å². The largest absolute Gasteiger partial charge is 0.380 e.